The molecule has 140 valence electrons. The third kappa shape index (κ3) is 4.52. The molecule has 5 heteroatoms. The smallest absolute Gasteiger partial charge is 0.222 e. The van der Waals surface area contributed by atoms with E-state index in [1.807, 2.05) is 18.7 Å². The predicted octanol–water partition coefficient (Wildman–Crippen LogP) is 3.13. The van der Waals surface area contributed by atoms with Gasteiger partial charge in [-0.1, -0.05) is 36.3 Å². The highest BCUT2D eigenvalue weighted by Gasteiger charge is 2.22. The molecule has 1 aromatic heterocycles. The molecule has 1 aromatic carbocycles. The minimum atomic E-state index is 0.265. The Hall–Kier alpha value is -2.14. The van der Waals surface area contributed by atoms with E-state index in [-0.39, 0.29) is 5.91 Å². The first-order valence-electron chi connectivity index (χ1n) is 9.56. The molecule has 3 rings (SSSR count). The zero-order valence-electron chi connectivity index (χ0n) is 16.1. The van der Waals surface area contributed by atoms with E-state index in [2.05, 4.69) is 41.2 Å². The van der Waals surface area contributed by atoms with Crippen LogP contribution in [0.4, 0.5) is 0 Å². The van der Waals surface area contributed by atoms with Crippen LogP contribution in [0.5, 0.6) is 0 Å². The standard InChI is InChI=1S/C21H29N3O2/c1-4-18-5-7-19(8-6-18)9-10-21(25)24-13-11-23(12-14-24)15-20-16(2)22-26-17(20)3/h5-8H,4,9-15H2,1-3H3. The summed E-state index contributed by atoms with van der Waals surface area (Å²) in [7, 11) is 0. The van der Waals surface area contributed by atoms with Gasteiger partial charge in [-0.15, -0.1) is 0 Å². The van der Waals surface area contributed by atoms with E-state index < -0.39 is 0 Å². The molecule has 1 saturated heterocycles. The second-order valence-corrected chi connectivity index (χ2v) is 7.13. The van der Waals surface area contributed by atoms with Crippen LogP contribution in [-0.2, 0) is 24.2 Å². The van der Waals surface area contributed by atoms with Crippen LogP contribution in [0.2, 0.25) is 0 Å². The molecule has 1 aliphatic heterocycles. The summed E-state index contributed by atoms with van der Waals surface area (Å²) in [6, 6.07) is 8.61. The summed E-state index contributed by atoms with van der Waals surface area (Å²) in [4.78, 5) is 16.9. The number of piperazine rings is 1. The number of hydrogen-bond donors (Lipinski definition) is 0. The molecule has 0 radical (unpaired) electrons. The SMILES string of the molecule is CCc1ccc(CCC(=O)N2CCN(Cc3c(C)noc3C)CC2)cc1. The highest BCUT2D eigenvalue weighted by Crippen LogP contribution is 2.17. The lowest BCUT2D eigenvalue weighted by atomic mass is 10.1. The molecule has 0 bridgehead atoms. The second kappa shape index (κ2) is 8.49. The summed E-state index contributed by atoms with van der Waals surface area (Å²) in [5, 5.41) is 4.02. The van der Waals surface area contributed by atoms with Crippen molar-refractivity contribution >= 4 is 5.91 Å². The van der Waals surface area contributed by atoms with Crippen molar-refractivity contribution in [3.63, 3.8) is 0 Å². The molecule has 2 heterocycles. The quantitative estimate of drug-likeness (QED) is 0.799. The van der Waals surface area contributed by atoms with Gasteiger partial charge in [-0.2, -0.15) is 0 Å². The molecule has 0 spiro atoms. The van der Waals surface area contributed by atoms with Crippen molar-refractivity contribution in [3.8, 4) is 0 Å². The molecule has 0 aliphatic carbocycles. The van der Waals surface area contributed by atoms with E-state index >= 15 is 0 Å². The third-order valence-electron chi connectivity index (χ3n) is 5.35. The zero-order valence-corrected chi connectivity index (χ0v) is 16.1. The van der Waals surface area contributed by atoms with Crippen LogP contribution < -0.4 is 0 Å². The van der Waals surface area contributed by atoms with Crippen LogP contribution in [0.1, 0.15) is 41.5 Å². The maximum Gasteiger partial charge on any atom is 0.222 e. The molecule has 1 amide bonds. The number of nitrogens with zero attached hydrogens (tertiary/aromatic N) is 3. The fourth-order valence-electron chi connectivity index (χ4n) is 3.46. The lowest BCUT2D eigenvalue weighted by Gasteiger charge is -2.34. The average molecular weight is 355 g/mol. The Morgan fingerprint density at radius 1 is 1.08 bits per heavy atom. The first-order chi connectivity index (χ1) is 12.6. The molecule has 1 fully saturated rings. The van der Waals surface area contributed by atoms with Crippen molar-refractivity contribution in [3.05, 3.63) is 52.4 Å². The Morgan fingerprint density at radius 3 is 2.31 bits per heavy atom. The van der Waals surface area contributed by atoms with E-state index in [1.165, 1.54) is 16.7 Å². The predicted molar refractivity (Wildman–Crippen MR) is 102 cm³/mol. The van der Waals surface area contributed by atoms with Crippen molar-refractivity contribution < 1.29 is 9.32 Å². The molecule has 1 aliphatic rings. The van der Waals surface area contributed by atoms with E-state index in [0.29, 0.717) is 6.42 Å². The monoisotopic (exact) mass is 355 g/mol. The van der Waals surface area contributed by atoms with Gasteiger partial charge in [-0.3, -0.25) is 9.69 Å². The molecule has 26 heavy (non-hydrogen) atoms. The number of hydrogen-bond acceptors (Lipinski definition) is 4. The van der Waals surface area contributed by atoms with Crippen LogP contribution in [0.25, 0.3) is 0 Å². The maximum absolute atomic E-state index is 12.5. The van der Waals surface area contributed by atoms with E-state index in [1.54, 1.807) is 0 Å². The topological polar surface area (TPSA) is 49.6 Å². The summed E-state index contributed by atoms with van der Waals surface area (Å²) in [5.41, 5.74) is 4.73. The van der Waals surface area contributed by atoms with Gasteiger partial charge in [0.1, 0.15) is 5.76 Å². The van der Waals surface area contributed by atoms with Gasteiger partial charge < -0.3 is 9.42 Å². The summed E-state index contributed by atoms with van der Waals surface area (Å²) >= 11 is 0. The Bertz CT molecular complexity index is 709. The van der Waals surface area contributed by atoms with Gasteiger partial charge >= 0.3 is 0 Å². The Labute approximate surface area is 156 Å². The number of aryl methyl sites for hydroxylation is 4. The molecular weight excluding hydrogens is 326 g/mol. The first kappa shape index (κ1) is 18.6. The van der Waals surface area contributed by atoms with Crippen LogP contribution in [0.3, 0.4) is 0 Å². The number of carbonyl (C=O) groups is 1. The fraction of sp³-hybridized carbons (Fsp3) is 0.524. The number of carbonyl (C=O) groups excluding carboxylic acids is 1. The first-order valence-corrected chi connectivity index (χ1v) is 9.56. The van der Waals surface area contributed by atoms with E-state index in [4.69, 9.17) is 4.52 Å². The molecule has 0 unspecified atom stereocenters. The normalized spacial score (nSPS) is 15.4. The van der Waals surface area contributed by atoms with Crippen molar-refractivity contribution in [2.24, 2.45) is 0 Å². The maximum atomic E-state index is 12.5. The van der Waals surface area contributed by atoms with Crippen LogP contribution in [0.15, 0.2) is 28.8 Å². The van der Waals surface area contributed by atoms with Gasteiger partial charge in [0.25, 0.3) is 0 Å². The highest BCUT2D eigenvalue weighted by atomic mass is 16.5. The molecule has 0 saturated carbocycles. The summed E-state index contributed by atoms with van der Waals surface area (Å²) in [5.74, 6) is 1.16. The van der Waals surface area contributed by atoms with E-state index in [0.717, 1.165) is 57.0 Å². The van der Waals surface area contributed by atoms with Gasteiger partial charge in [0.15, 0.2) is 0 Å². The summed E-state index contributed by atoms with van der Waals surface area (Å²) in [6.07, 6.45) is 2.47. The Balaban J connectivity index is 1.44. The Kier molecular flexibility index (Phi) is 6.09. The van der Waals surface area contributed by atoms with Crippen molar-refractivity contribution in [2.75, 3.05) is 26.2 Å². The Morgan fingerprint density at radius 2 is 1.73 bits per heavy atom. The minimum absolute atomic E-state index is 0.265. The van der Waals surface area contributed by atoms with Crippen LogP contribution >= 0.6 is 0 Å². The number of rotatable bonds is 6. The van der Waals surface area contributed by atoms with Gasteiger partial charge in [0, 0.05) is 44.7 Å². The van der Waals surface area contributed by atoms with E-state index in [9.17, 15) is 4.79 Å². The molecular formula is C21H29N3O2. The second-order valence-electron chi connectivity index (χ2n) is 7.13. The lowest BCUT2D eigenvalue weighted by Crippen LogP contribution is -2.48. The largest absolute Gasteiger partial charge is 0.361 e. The van der Waals surface area contributed by atoms with Crippen molar-refractivity contribution in [1.82, 2.24) is 15.0 Å². The lowest BCUT2D eigenvalue weighted by molar-refractivity contribution is -0.133. The molecule has 0 atom stereocenters. The minimum Gasteiger partial charge on any atom is -0.361 e. The molecule has 2 aromatic rings. The summed E-state index contributed by atoms with van der Waals surface area (Å²) in [6.45, 7) is 10.4. The third-order valence-corrected chi connectivity index (χ3v) is 5.35. The number of aromatic nitrogens is 1. The summed E-state index contributed by atoms with van der Waals surface area (Å²) < 4.78 is 5.24. The number of amides is 1. The van der Waals surface area contributed by atoms with Crippen LogP contribution in [0, 0.1) is 13.8 Å². The fourth-order valence-corrected chi connectivity index (χ4v) is 3.46. The van der Waals surface area contributed by atoms with Gasteiger partial charge in [-0.25, -0.2) is 0 Å². The van der Waals surface area contributed by atoms with Crippen LogP contribution in [-0.4, -0.2) is 47.0 Å². The average Bonchev–Trinajstić information content (AvgIpc) is 2.99. The van der Waals surface area contributed by atoms with Crippen molar-refractivity contribution in [1.29, 1.82) is 0 Å². The molecule has 5 nitrogen and oxygen atoms in total. The highest BCUT2D eigenvalue weighted by molar-refractivity contribution is 5.76. The van der Waals surface area contributed by atoms with Crippen molar-refractivity contribution in [2.45, 2.75) is 46.6 Å². The number of benzene rings is 1. The van der Waals surface area contributed by atoms with Gasteiger partial charge in [0.2, 0.25) is 5.91 Å². The van der Waals surface area contributed by atoms with Gasteiger partial charge in [0.05, 0.1) is 5.69 Å². The zero-order chi connectivity index (χ0) is 18.5. The molecule has 0 N–H and O–H groups in total. The van der Waals surface area contributed by atoms with Gasteiger partial charge in [-0.05, 0) is 37.8 Å².